The van der Waals surface area contributed by atoms with Gasteiger partial charge in [0.1, 0.15) is 0 Å². The van der Waals surface area contributed by atoms with Crippen LogP contribution in [-0.4, -0.2) is 16.4 Å². The lowest BCUT2D eigenvalue weighted by molar-refractivity contribution is -0.772. The second kappa shape index (κ2) is 5.96. The number of carbonyl (C=O) groups is 1. The number of amides is 1. The van der Waals surface area contributed by atoms with Gasteiger partial charge in [-0.25, -0.2) is 0 Å². The van der Waals surface area contributed by atoms with E-state index in [1.165, 1.54) is 4.68 Å². The molecule has 0 saturated heterocycles. The Balaban J connectivity index is 2.00. The summed E-state index contributed by atoms with van der Waals surface area (Å²) >= 11 is 1.12. The van der Waals surface area contributed by atoms with E-state index in [0.717, 1.165) is 23.0 Å². The van der Waals surface area contributed by atoms with Gasteiger partial charge in [-0.3, -0.25) is 4.79 Å². The molecular weight excluding hydrogens is 278 g/mol. The second-order valence-electron chi connectivity index (χ2n) is 4.40. The monoisotopic (exact) mass is 293 g/mol. The molecule has 0 aliphatic rings. The average molecular weight is 293 g/mol. The standard InChI is InChI=1S/C13H15N3O3S/c1-8-4-6-10(7-5-8)14-11(17)9(2)20-12-13(18)19-15-16(12)3/h4-7,9H,1-3H3,(H-,14,15,17,18). The molecule has 0 fully saturated rings. The molecule has 0 bridgehead atoms. The lowest BCUT2D eigenvalue weighted by Gasteiger charge is -2.10. The topological polar surface area (TPSA) is 82.1 Å². The minimum absolute atomic E-state index is 0.181. The Kier molecular flexibility index (Phi) is 4.29. The highest BCUT2D eigenvalue weighted by Crippen LogP contribution is 2.26. The Hall–Kier alpha value is -2.02. The van der Waals surface area contributed by atoms with E-state index in [4.69, 9.17) is 0 Å². The van der Waals surface area contributed by atoms with E-state index in [1.807, 2.05) is 31.2 Å². The van der Waals surface area contributed by atoms with Crippen LogP contribution in [0.3, 0.4) is 0 Å². The Labute approximate surface area is 120 Å². The molecule has 2 rings (SSSR count). The first kappa shape index (κ1) is 14.4. The summed E-state index contributed by atoms with van der Waals surface area (Å²) in [7, 11) is 1.60. The van der Waals surface area contributed by atoms with Gasteiger partial charge in [0.25, 0.3) is 5.03 Å². The van der Waals surface area contributed by atoms with Gasteiger partial charge in [-0.2, -0.15) is 0 Å². The summed E-state index contributed by atoms with van der Waals surface area (Å²) in [6.07, 6.45) is 0. The number of thioether (sulfide) groups is 1. The molecule has 2 aromatic rings. The first-order valence-electron chi connectivity index (χ1n) is 6.04. The van der Waals surface area contributed by atoms with Gasteiger partial charge in [0.05, 0.1) is 10.5 Å². The van der Waals surface area contributed by atoms with Crippen molar-refractivity contribution in [2.75, 3.05) is 5.32 Å². The van der Waals surface area contributed by atoms with Crippen LogP contribution in [0.25, 0.3) is 0 Å². The third kappa shape index (κ3) is 3.30. The van der Waals surface area contributed by atoms with Crippen molar-refractivity contribution in [2.45, 2.75) is 24.1 Å². The zero-order chi connectivity index (χ0) is 14.7. The van der Waals surface area contributed by atoms with Crippen LogP contribution in [0.1, 0.15) is 12.5 Å². The summed E-state index contributed by atoms with van der Waals surface area (Å²) in [6, 6.07) is 7.51. The number of hydrogen-bond donors (Lipinski definition) is 1. The van der Waals surface area contributed by atoms with Crippen LogP contribution in [0.4, 0.5) is 5.69 Å². The highest BCUT2D eigenvalue weighted by atomic mass is 32.2. The van der Waals surface area contributed by atoms with E-state index in [2.05, 4.69) is 15.1 Å². The average Bonchev–Trinajstić information content (AvgIpc) is 2.73. The number of aryl methyl sites for hydroxylation is 2. The van der Waals surface area contributed by atoms with E-state index in [0.29, 0.717) is 5.03 Å². The molecular formula is C13H15N3O3S. The molecule has 1 aromatic heterocycles. The van der Waals surface area contributed by atoms with Gasteiger partial charge in [-0.15, -0.1) is 0 Å². The summed E-state index contributed by atoms with van der Waals surface area (Å²) in [4.78, 5) is 12.1. The van der Waals surface area contributed by atoms with Gasteiger partial charge < -0.3 is 14.9 Å². The highest BCUT2D eigenvalue weighted by Gasteiger charge is 2.22. The lowest BCUT2D eigenvalue weighted by atomic mass is 10.2. The van der Waals surface area contributed by atoms with Gasteiger partial charge >= 0.3 is 0 Å². The Morgan fingerprint density at radius 2 is 2.10 bits per heavy atom. The normalized spacial score (nSPS) is 12.2. The number of benzene rings is 1. The molecule has 1 aromatic carbocycles. The van der Waals surface area contributed by atoms with Crippen LogP contribution >= 0.6 is 11.8 Å². The molecule has 1 heterocycles. The molecule has 7 heteroatoms. The van der Waals surface area contributed by atoms with E-state index in [1.54, 1.807) is 14.0 Å². The van der Waals surface area contributed by atoms with Crippen LogP contribution < -0.4 is 15.1 Å². The minimum Gasteiger partial charge on any atom is -0.538 e. The number of carbonyl (C=O) groups excluding carboxylic acids is 1. The Morgan fingerprint density at radius 3 is 2.65 bits per heavy atom. The zero-order valence-corrected chi connectivity index (χ0v) is 12.2. The zero-order valence-electron chi connectivity index (χ0n) is 11.4. The lowest BCUT2D eigenvalue weighted by Crippen LogP contribution is -2.33. The number of hydrogen-bond acceptors (Lipinski definition) is 5. The Bertz CT molecular complexity index is 590. The van der Waals surface area contributed by atoms with Gasteiger partial charge in [0.2, 0.25) is 5.91 Å². The van der Waals surface area contributed by atoms with Crippen molar-refractivity contribution in [1.82, 2.24) is 5.27 Å². The highest BCUT2D eigenvalue weighted by molar-refractivity contribution is 8.00. The van der Waals surface area contributed by atoms with E-state index >= 15 is 0 Å². The third-order valence-corrected chi connectivity index (χ3v) is 3.91. The number of nitrogens with one attached hydrogen (secondary N) is 1. The molecule has 0 saturated carbocycles. The van der Waals surface area contributed by atoms with Crippen molar-refractivity contribution in [3.8, 4) is 5.95 Å². The number of aromatic nitrogens is 2. The van der Waals surface area contributed by atoms with Gasteiger partial charge in [0.15, 0.2) is 13.0 Å². The molecule has 106 valence electrons. The molecule has 0 aliphatic carbocycles. The van der Waals surface area contributed by atoms with Gasteiger partial charge in [0, 0.05) is 5.69 Å². The smallest absolute Gasteiger partial charge is 0.291 e. The van der Waals surface area contributed by atoms with Crippen LogP contribution in [0.15, 0.2) is 33.8 Å². The minimum atomic E-state index is -0.535. The molecule has 1 unspecified atom stereocenters. The van der Waals surface area contributed by atoms with Crippen molar-refractivity contribution in [3.63, 3.8) is 0 Å². The molecule has 0 spiro atoms. The summed E-state index contributed by atoms with van der Waals surface area (Å²) < 4.78 is 5.83. The number of rotatable bonds is 4. The van der Waals surface area contributed by atoms with Crippen LogP contribution in [0.2, 0.25) is 0 Å². The van der Waals surface area contributed by atoms with Gasteiger partial charge in [-0.05, 0) is 37.7 Å². The molecule has 20 heavy (non-hydrogen) atoms. The predicted molar refractivity (Wildman–Crippen MR) is 72.3 cm³/mol. The summed E-state index contributed by atoms with van der Waals surface area (Å²) in [5.74, 6) is -0.716. The van der Waals surface area contributed by atoms with Crippen molar-refractivity contribution in [3.05, 3.63) is 29.8 Å². The summed E-state index contributed by atoms with van der Waals surface area (Å²) in [5, 5.41) is 17.6. The molecule has 0 radical (unpaired) electrons. The fraction of sp³-hybridized carbons (Fsp3) is 0.308. The third-order valence-electron chi connectivity index (χ3n) is 2.69. The maximum Gasteiger partial charge on any atom is 0.291 e. The van der Waals surface area contributed by atoms with E-state index in [9.17, 15) is 9.90 Å². The van der Waals surface area contributed by atoms with Crippen molar-refractivity contribution in [2.24, 2.45) is 7.05 Å². The van der Waals surface area contributed by atoms with Crippen molar-refractivity contribution in [1.29, 1.82) is 0 Å². The maximum absolute atomic E-state index is 12.1. The maximum atomic E-state index is 12.1. The molecule has 0 aliphatic heterocycles. The predicted octanol–water partition coefficient (Wildman–Crippen LogP) is 1.00. The molecule has 1 atom stereocenters. The van der Waals surface area contributed by atoms with E-state index < -0.39 is 11.2 Å². The Morgan fingerprint density at radius 1 is 1.45 bits per heavy atom. The second-order valence-corrected chi connectivity index (χ2v) is 5.73. The quantitative estimate of drug-likeness (QED) is 0.672. The van der Waals surface area contributed by atoms with Crippen LogP contribution in [-0.2, 0) is 11.8 Å². The summed E-state index contributed by atoms with van der Waals surface area (Å²) in [5.41, 5.74) is 1.85. The van der Waals surface area contributed by atoms with Gasteiger partial charge in [-0.1, -0.05) is 22.4 Å². The largest absolute Gasteiger partial charge is 0.538 e. The first-order chi connectivity index (χ1) is 9.47. The fourth-order valence-electron chi connectivity index (χ4n) is 1.53. The molecule has 6 nitrogen and oxygen atoms in total. The number of nitrogens with zero attached hydrogens (tertiary/aromatic N) is 2. The SMILES string of the molecule is Cc1ccc(NC(=O)C(C)Sc2c([O-])on[n+]2C)cc1. The molecule has 1 amide bonds. The number of anilines is 1. The van der Waals surface area contributed by atoms with E-state index in [-0.39, 0.29) is 5.91 Å². The first-order valence-corrected chi connectivity index (χ1v) is 6.92. The van der Waals surface area contributed by atoms with Crippen molar-refractivity contribution >= 4 is 23.4 Å². The molecule has 1 N–H and O–H groups in total. The fourth-order valence-corrected chi connectivity index (χ4v) is 2.35. The summed E-state index contributed by atoms with van der Waals surface area (Å²) in [6.45, 7) is 3.70. The van der Waals surface area contributed by atoms with Crippen molar-refractivity contribution < 1.29 is 19.1 Å². The van der Waals surface area contributed by atoms with Crippen LogP contribution in [0.5, 0.6) is 5.95 Å². The van der Waals surface area contributed by atoms with Crippen LogP contribution in [0, 0.1) is 6.92 Å².